The average molecular weight is 377 g/mol. The zero-order valence-corrected chi connectivity index (χ0v) is 15.6. The van der Waals surface area contributed by atoms with E-state index in [-0.39, 0.29) is 0 Å². The fourth-order valence-electron chi connectivity index (χ4n) is 3.74. The second-order valence-electron chi connectivity index (χ2n) is 6.63. The minimum absolute atomic E-state index is 0.430. The van der Waals surface area contributed by atoms with Crippen molar-refractivity contribution in [3.8, 4) is 0 Å². The molecule has 0 bridgehead atoms. The Morgan fingerprint density at radius 2 is 1.60 bits per heavy atom. The molecular formula is C19H21ClN2O2S. The number of para-hydroxylation sites is 1. The predicted octanol–water partition coefficient (Wildman–Crippen LogP) is 3.34. The van der Waals surface area contributed by atoms with Crippen LogP contribution in [-0.4, -0.2) is 38.9 Å². The molecule has 1 aliphatic carbocycles. The van der Waals surface area contributed by atoms with Crippen LogP contribution in [0.2, 0.25) is 5.02 Å². The molecular weight excluding hydrogens is 356 g/mol. The van der Waals surface area contributed by atoms with Crippen molar-refractivity contribution < 1.29 is 8.42 Å². The number of rotatable bonds is 3. The van der Waals surface area contributed by atoms with Crippen LogP contribution in [0, 0.1) is 0 Å². The number of nitrogens with zero attached hydrogens (tertiary/aromatic N) is 2. The first kappa shape index (κ1) is 16.9. The van der Waals surface area contributed by atoms with Crippen LogP contribution in [0.15, 0.2) is 47.4 Å². The highest BCUT2D eigenvalue weighted by Crippen LogP contribution is 2.29. The highest BCUT2D eigenvalue weighted by molar-refractivity contribution is 7.89. The van der Waals surface area contributed by atoms with Gasteiger partial charge in [0, 0.05) is 26.2 Å². The third kappa shape index (κ3) is 3.16. The van der Waals surface area contributed by atoms with Crippen molar-refractivity contribution in [2.24, 2.45) is 0 Å². The molecule has 0 spiro atoms. The summed E-state index contributed by atoms with van der Waals surface area (Å²) in [6.07, 6.45) is 3.17. The fraction of sp³-hybridized carbons (Fsp3) is 0.368. The van der Waals surface area contributed by atoms with Gasteiger partial charge in [-0.25, -0.2) is 8.42 Å². The molecule has 0 aromatic heterocycles. The number of aryl methyl sites for hydroxylation is 2. The molecule has 0 atom stereocenters. The van der Waals surface area contributed by atoms with E-state index in [0.717, 1.165) is 24.9 Å². The summed E-state index contributed by atoms with van der Waals surface area (Å²) in [4.78, 5) is 2.58. The number of hydrogen-bond acceptors (Lipinski definition) is 3. The van der Waals surface area contributed by atoms with Crippen molar-refractivity contribution in [1.29, 1.82) is 0 Å². The van der Waals surface area contributed by atoms with Crippen LogP contribution in [0.4, 0.5) is 5.69 Å². The largest absolute Gasteiger partial charge is 0.368 e. The van der Waals surface area contributed by atoms with E-state index >= 15 is 0 Å². The maximum absolute atomic E-state index is 13.0. The Bertz CT molecular complexity index is 890. The molecule has 0 N–H and O–H groups in total. The third-order valence-electron chi connectivity index (χ3n) is 5.14. The topological polar surface area (TPSA) is 40.6 Å². The molecule has 1 fully saturated rings. The lowest BCUT2D eigenvalue weighted by atomic mass is 10.1. The number of piperazine rings is 1. The van der Waals surface area contributed by atoms with Gasteiger partial charge in [0.25, 0.3) is 0 Å². The maximum Gasteiger partial charge on any atom is 0.243 e. The van der Waals surface area contributed by atoms with E-state index in [4.69, 9.17) is 11.6 Å². The van der Waals surface area contributed by atoms with E-state index in [1.54, 1.807) is 10.4 Å². The number of anilines is 1. The first-order chi connectivity index (χ1) is 12.1. The second kappa shape index (κ2) is 6.63. The Hall–Kier alpha value is -1.56. The SMILES string of the molecule is O=S(=O)(c1ccc2c(c1)CCC2)N1CCN(c2ccccc2Cl)CC1. The van der Waals surface area contributed by atoms with Gasteiger partial charge in [-0.05, 0) is 54.7 Å². The Morgan fingerprint density at radius 3 is 2.36 bits per heavy atom. The van der Waals surface area contributed by atoms with Crippen LogP contribution in [0.5, 0.6) is 0 Å². The van der Waals surface area contributed by atoms with E-state index in [1.165, 1.54) is 11.1 Å². The highest BCUT2D eigenvalue weighted by Gasteiger charge is 2.29. The summed E-state index contributed by atoms with van der Waals surface area (Å²) in [6.45, 7) is 2.25. The van der Waals surface area contributed by atoms with Crippen LogP contribution in [-0.2, 0) is 22.9 Å². The van der Waals surface area contributed by atoms with Gasteiger partial charge in [0.2, 0.25) is 10.0 Å². The molecule has 0 unspecified atom stereocenters. The molecule has 1 saturated heterocycles. The van der Waals surface area contributed by atoms with Crippen LogP contribution >= 0.6 is 11.6 Å². The summed E-state index contributed by atoms with van der Waals surface area (Å²) in [5.74, 6) is 0. The van der Waals surface area contributed by atoms with Crippen LogP contribution in [0.1, 0.15) is 17.5 Å². The standard InChI is InChI=1S/C19H21ClN2O2S/c20-18-6-1-2-7-19(18)21-10-12-22(13-11-21)25(23,24)17-9-8-15-4-3-5-16(15)14-17/h1-2,6-9,14H,3-5,10-13H2. The molecule has 0 amide bonds. The van der Waals surface area contributed by atoms with Crippen molar-refractivity contribution >= 4 is 27.3 Å². The van der Waals surface area contributed by atoms with E-state index in [0.29, 0.717) is 36.1 Å². The number of fused-ring (bicyclic) bond motifs is 1. The van der Waals surface area contributed by atoms with E-state index in [9.17, 15) is 8.42 Å². The minimum Gasteiger partial charge on any atom is -0.368 e. The van der Waals surface area contributed by atoms with Gasteiger partial charge in [-0.2, -0.15) is 4.31 Å². The van der Waals surface area contributed by atoms with E-state index < -0.39 is 10.0 Å². The lowest BCUT2D eigenvalue weighted by molar-refractivity contribution is 0.385. The molecule has 25 heavy (non-hydrogen) atoms. The molecule has 4 rings (SSSR count). The molecule has 2 aromatic carbocycles. The van der Waals surface area contributed by atoms with Gasteiger partial charge < -0.3 is 4.90 Å². The molecule has 0 radical (unpaired) electrons. The normalized spacial score (nSPS) is 18.4. The predicted molar refractivity (Wildman–Crippen MR) is 101 cm³/mol. The molecule has 0 saturated carbocycles. The summed E-state index contributed by atoms with van der Waals surface area (Å²) >= 11 is 6.26. The van der Waals surface area contributed by atoms with Crippen LogP contribution in [0.3, 0.4) is 0 Å². The number of benzene rings is 2. The van der Waals surface area contributed by atoms with Crippen molar-refractivity contribution in [2.45, 2.75) is 24.2 Å². The molecule has 2 aromatic rings. The molecule has 2 aliphatic rings. The average Bonchev–Trinajstić information content (AvgIpc) is 3.10. The van der Waals surface area contributed by atoms with Crippen molar-refractivity contribution in [2.75, 3.05) is 31.1 Å². The zero-order valence-electron chi connectivity index (χ0n) is 14.0. The summed E-state index contributed by atoms with van der Waals surface area (Å²) in [7, 11) is -3.43. The monoisotopic (exact) mass is 376 g/mol. The van der Waals surface area contributed by atoms with Gasteiger partial charge in [0.15, 0.2) is 0 Å². The van der Waals surface area contributed by atoms with Gasteiger partial charge in [-0.1, -0.05) is 29.8 Å². The lowest BCUT2D eigenvalue weighted by Gasteiger charge is -2.35. The summed E-state index contributed by atoms with van der Waals surface area (Å²) < 4.78 is 27.6. The van der Waals surface area contributed by atoms with Gasteiger partial charge in [-0.15, -0.1) is 0 Å². The third-order valence-corrected chi connectivity index (χ3v) is 7.35. The van der Waals surface area contributed by atoms with Gasteiger partial charge in [0.1, 0.15) is 0 Å². The zero-order chi connectivity index (χ0) is 17.4. The first-order valence-corrected chi connectivity index (χ1v) is 10.5. The van der Waals surface area contributed by atoms with Gasteiger partial charge >= 0.3 is 0 Å². The van der Waals surface area contributed by atoms with Gasteiger partial charge in [-0.3, -0.25) is 0 Å². The van der Waals surface area contributed by atoms with Gasteiger partial charge in [0.05, 0.1) is 15.6 Å². The summed E-state index contributed by atoms with van der Waals surface area (Å²) in [5.41, 5.74) is 3.46. The first-order valence-electron chi connectivity index (χ1n) is 8.67. The summed E-state index contributed by atoms with van der Waals surface area (Å²) in [6, 6.07) is 13.3. The van der Waals surface area contributed by atoms with Crippen molar-refractivity contribution in [3.63, 3.8) is 0 Å². The fourth-order valence-corrected chi connectivity index (χ4v) is 5.46. The summed E-state index contributed by atoms with van der Waals surface area (Å²) in [5, 5.41) is 0.706. The maximum atomic E-state index is 13.0. The molecule has 4 nitrogen and oxygen atoms in total. The highest BCUT2D eigenvalue weighted by atomic mass is 35.5. The Morgan fingerprint density at radius 1 is 0.880 bits per heavy atom. The number of hydrogen-bond donors (Lipinski definition) is 0. The van der Waals surface area contributed by atoms with Crippen LogP contribution in [0.25, 0.3) is 0 Å². The van der Waals surface area contributed by atoms with Crippen LogP contribution < -0.4 is 4.90 Å². The number of halogens is 1. The Balaban J connectivity index is 1.51. The molecule has 1 heterocycles. The minimum atomic E-state index is -3.43. The van der Waals surface area contributed by atoms with Crippen molar-refractivity contribution in [1.82, 2.24) is 4.31 Å². The van der Waals surface area contributed by atoms with E-state index in [2.05, 4.69) is 4.90 Å². The Labute approximate surface area is 154 Å². The molecule has 1 aliphatic heterocycles. The lowest BCUT2D eigenvalue weighted by Crippen LogP contribution is -2.48. The quantitative estimate of drug-likeness (QED) is 0.824. The molecule has 6 heteroatoms. The van der Waals surface area contributed by atoms with E-state index in [1.807, 2.05) is 36.4 Å². The Kier molecular flexibility index (Phi) is 4.48. The molecule has 132 valence electrons. The second-order valence-corrected chi connectivity index (χ2v) is 8.97. The number of sulfonamides is 1. The smallest absolute Gasteiger partial charge is 0.243 e. The van der Waals surface area contributed by atoms with Crippen molar-refractivity contribution in [3.05, 3.63) is 58.6 Å².